The van der Waals surface area contributed by atoms with Crippen LogP contribution in [0.1, 0.15) is 19.3 Å². The molecule has 0 atom stereocenters. The molecule has 3 aromatic rings. The summed E-state index contributed by atoms with van der Waals surface area (Å²) >= 11 is 7.75. The third-order valence-corrected chi connectivity index (χ3v) is 7.22. The van der Waals surface area contributed by atoms with Crippen molar-refractivity contribution in [2.24, 2.45) is 5.41 Å². The smallest absolute Gasteiger partial charge is 0.228 e. The van der Waals surface area contributed by atoms with Crippen LogP contribution in [0.3, 0.4) is 0 Å². The van der Waals surface area contributed by atoms with Crippen molar-refractivity contribution in [2.75, 3.05) is 36.9 Å². The summed E-state index contributed by atoms with van der Waals surface area (Å²) < 4.78 is 7.45. The molecule has 5 rings (SSSR count). The molecule has 0 unspecified atom stereocenters. The predicted molar refractivity (Wildman–Crippen MR) is 108 cm³/mol. The van der Waals surface area contributed by atoms with E-state index in [1.165, 1.54) is 18.2 Å². The van der Waals surface area contributed by atoms with Crippen molar-refractivity contribution < 1.29 is 4.74 Å². The van der Waals surface area contributed by atoms with Crippen molar-refractivity contribution in [3.8, 4) is 0 Å². The van der Waals surface area contributed by atoms with Gasteiger partial charge in [-0.25, -0.2) is 15.0 Å². The second-order valence-corrected chi connectivity index (χ2v) is 8.78. The van der Waals surface area contributed by atoms with Gasteiger partial charge in [-0.05, 0) is 30.7 Å². The first-order valence-electron chi connectivity index (χ1n) is 9.25. The molecular weight excluding hydrogens is 398 g/mol. The first kappa shape index (κ1) is 18.0. The second kappa shape index (κ2) is 7.06. The van der Waals surface area contributed by atoms with Crippen molar-refractivity contribution in [1.82, 2.24) is 24.6 Å². The summed E-state index contributed by atoms with van der Waals surface area (Å²) in [6.45, 7) is 3.67. The minimum Gasteiger partial charge on any atom is -0.382 e. The van der Waals surface area contributed by atoms with Gasteiger partial charge in [-0.2, -0.15) is 9.61 Å². The van der Waals surface area contributed by atoms with Crippen LogP contribution in [0.25, 0.3) is 5.65 Å². The number of nitrogens with zero attached hydrogens (tertiary/aromatic N) is 6. The van der Waals surface area contributed by atoms with E-state index < -0.39 is 0 Å². The first-order valence-corrected chi connectivity index (χ1v) is 10.4. The molecule has 2 saturated heterocycles. The van der Waals surface area contributed by atoms with Crippen LogP contribution in [0.2, 0.25) is 5.02 Å². The monoisotopic (exact) mass is 417 g/mol. The topological polar surface area (TPSA) is 94.5 Å². The standard InChI is InChI=1S/C18H20ClN7OS/c19-14-12(1-5-21-15(14)20)28-13-9-22-17(26-16(13)23-11-24-26)25-6-2-18(3-7-25)4-8-27-10-18/h1,5,9,11H,2-4,6-8,10H2,(H2,20,21). The third-order valence-electron chi connectivity index (χ3n) is 5.65. The minimum absolute atomic E-state index is 0.312. The quantitative estimate of drug-likeness (QED) is 0.695. The van der Waals surface area contributed by atoms with E-state index in [9.17, 15) is 0 Å². The van der Waals surface area contributed by atoms with Gasteiger partial charge < -0.3 is 15.4 Å². The van der Waals surface area contributed by atoms with E-state index in [4.69, 9.17) is 27.1 Å². The Morgan fingerprint density at radius 3 is 2.79 bits per heavy atom. The van der Waals surface area contributed by atoms with Crippen LogP contribution < -0.4 is 10.6 Å². The fourth-order valence-electron chi connectivity index (χ4n) is 3.94. The third kappa shape index (κ3) is 3.07. The highest BCUT2D eigenvalue weighted by Crippen LogP contribution is 2.41. The lowest BCUT2D eigenvalue weighted by Gasteiger charge is -2.38. The molecule has 1 spiro atoms. The molecule has 0 aliphatic carbocycles. The van der Waals surface area contributed by atoms with Gasteiger partial charge in [-0.1, -0.05) is 23.4 Å². The van der Waals surface area contributed by atoms with Crippen molar-refractivity contribution in [2.45, 2.75) is 29.1 Å². The molecule has 10 heteroatoms. The van der Waals surface area contributed by atoms with E-state index in [1.807, 2.05) is 16.8 Å². The van der Waals surface area contributed by atoms with Gasteiger partial charge in [-0.15, -0.1) is 0 Å². The average molecular weight is 418 g/mol. The summed E-state index contributed by atoms with van der Waals surface area (Å²) in [5.74, 6) is 1.14. The number of piperidine rings is 1. The Hall–Kier alpha value is -2.10. The zero-order valence-corrected chi connectivity index (χ0v) is 16.8. The van der Waals surface area contributed by atoms with Crippen LogP contribution in [0, 0.1) is 5.41 Å². The first-order chi connectivity index (χ1) is 13.7. The SMILES string of the molecule is Nc1nccc(Sc2cnc(N3CCC4(CCOC4)CC3)n3ncnc23)c1Cl. The second-order valence-electron chi connectivity index (χ2n) is 7.32. The number of nitrogens with two attached hydrogens (primary N) is 1. The summed E-state index contributed by atoms with van der Waals surface area (Å²) in [6, 6.07) is 1.83. The molecule has 0 aromatic carbocycles. The number of hydrogen-bond acceptors (Lipinski definition) is 8. The molecule has 2 aliphatic heterocycles. The number of pyridine rings is 1. The number of rotatable bonds is 3. The van der Waals surface area contributed by atoms with Gasteiger partial charge in [0.2, 0.25) is 5.95 Å². The zero-order chi connectivity index (χ0) is 19.1. The van der Waals surface area contributed by atoms with Crippen molar-refractivity contribution >= 4 is 40.8 Å². The van der Waals surface area contributed by atoms with Crippen LogP contribution in [-0.2, 0) is 4.74 Å². The van der Waals surface area contributed by atoms with Crippen LogP contribution >= 0.6 is 23.4 Å². The minimum atomic E-state index is 0.312. The molecular formula is C18H20ClN7OS. The highest BCUT2D eigenvalue weighted by molar-refractivity contribution is 7.99. The molecule has 0 saturated carbocycles. The maximum Gasteiger partial charge on any atom is 0.228 e. The molecule has 0 amide bonds. The summed E-state index contributed by atoms with van der Waals surface area (Å²) in [5, 5.41) is 4.86. The number of fused-ring (bicyclic) bond motifs is 1. The molecule has 8 nitrogen and oxygen atoms in total. The Labute approximate surface area is 171 Å². The number of nitrogen functional groups attached to an aromatic ring is 1. The molecule has 3 aromatic heterocycles. The van der Waals surface area contributed by atoms with Gasteiger partial charge in [0.05, 0.1) is 16.5 Å². The average Bonchev–Trinajstić information content (AvgIpc) is 3.37. The zero-order valence-electron chi connectivity index (χ0n) is 15.2. The Balaban J connectivity index is 1.43. The van der Waals surface area contributed by atoms with Gasteiger partial charge in [-0.3, -0.25) is 0 Å². The summed E-state index contributed by atoms with van der Waals surface area (Å²) in [6.07, 6.45) is 8.44. The molecule has 28 heavy (non-hydrogen) atoms. The van der Waals surface area contributed by atoms with Gasteiger partial charge in [0.15, 0.2) is 5.65 Å². The van der Waals surface area contributed by atoms with E-state index in [0.29, 0.717) is 16.3 Å². The normalized spacial score (nSPS) is 19.0. The highest BCUT2D eigenvalue weighted by atomic mass is 35.5. The Kier molecular flexibility index (Phi) is 4.53. The van der Waals surface area contributed by atoms with Crippen LogP contribution in [0.5, 0.6) is 0 Å². The Bertz CT molecular complexity index is 1010. The van der Waals surface area contributed by atoms with E-state index in [1.54, 1.807) is 12.5 Å². The predicted octanol–water partition coefficient (Wildman–Crippen LogP) is 2.91. The molecule has 5 heterocycles. The maximum atomic E-state index is 6.29. The van der Waals surface area contributed by atoms with E-state index >= 15 is 0 Å². The summed E-state index contributed by atoms with van der Waals surface area (Å²) in [5.41, 5.74) is 6.93. The number of hydrogen-bond donors (Lipinski definition) is 1. The van der Waals surface area contributed by atoms with Crippen LogP contribution in [0.4, 0.5) is 11.8 Å². The summed E-state index contributed by atoms with van der Waals surface area (Å²) in [4.78, 5) is 17.1. The van der Waals surface area contributed by atoms with Gasteiger partial charge in [0.1, 0.15) is 12.1 Å². The van der Waals surface area contributed by atoms with Crippen molar-refractivity contribution in [3.05, 3.63) is 29.8 Å². The Morgan fingerprint density at radius 2 is 2.00 bits per heavy atom. The summed E-state index contributed by atoms with van der Waals surface area (Å²) in [7, 11) is 0. The highest BCUT2D eigenvalue weighted by Gasteiger charge is 2.38. The van der Waals surface area contributed by atoms with E-state index in [0.717, 1.165) is 60.5 Å². The largest absolute Gasteiger partial charge is 0.382 e. The molecule has 0 radical (unpaired) electrons. The van der Waals surface area contributed by atoms with E-state index in [-0.39, 0.29) is 0 Å². The molecule has 0 bridgehead atoms. The molecule has 2 fully saturated rings. The molecule has 146 valence electrons. The van der Waals surface area contributed by atoms with E-state index in [2.05, 4.69) is 20.0 Å². The van der Waals surface area contributed by atoms with Gasteiger partial charge in [0, 0.05) is 37.0 Å². The number of aromatic nitrogens is 5. The van der Waals surface area contributed by atoms with Crippen molar-refractivity contribution in [3.63, 3.8) is 0 Å². The van der Waals surface area contributed by atoms with Gasteiger partial charge >= 0.3 is 0 Å². The van der Waals surface area contributed by atoms with Crippen molar-refractivity contribution in [1.29, 1.82) is 0 Å². The lowest BCUT2D eigenvalue weighted by Crippen LogP contribution is -2.41. The van der Waals surface area contributed by atoms with Crippen LogP contribution in [-0.4, -0.2) is 50.9 Å². The lowest BCUT2D eigenvalue weighted by molar-refractivity contribution is 0.133. The fraction of sp³-hybridized carbons (Fsp3) is 0.444. The van der Waals surface area contributed by atoms with Gasteiger partial charge in [0.25, 0.3) is 0 Å². The maximum absolute atomic E-state index is 6.29. The fourth-order valence-corrected chi connectivity index (χ4v) is 5.06. The molecule has 2 N–H and O–H groups in total. The number of ether oxygens (including phenoxy) is 1. The Morgan fingerprint density at radius 1 is 1.14 bits per heavy atom. The lowest BCUT2D eigenvalue weighted by atomic mass is 9.78. The van der Waals surface area contributed by atoms with Crippen LogP contribution in [0.15, 0.2) is 34.6 Å². The number of anilines is 2. The number of halogens is 1. The molecule has 2 aliphatic rings.